The second kappa shape index (κ2) is 3.18. The van der Waals surface area contributed by atoms with Gasteiger partial charge in [-0.15, -0.1) is 0 Å². The van der Waals surface area contributed by atoms with Gasteiger partial charge in [-0.05, 0) is 17.5 Å². The number of hydrogen-bond acceptors (Lipinski definition) is 2. The quantitative estimate of drug-likeness (QED) is 0.674. The van der Waals surface area contributed by atoms with E-state index in [2.05, 4.69) is 5.32 Å². The molecule has 1 aliphatic heterocycles. The van der Waals surface area contributed by atoms with Crippen LogP contribution in [0.1, 0.15) is 17.2 Å². The van der Waals surface area contributed by atoms with Gasteiger partial charge >= 0.3 is 5.97 Å². The van der Waals surface area contributed by atoms with Crippen LogP contribution in [0.25, 0.3) is 0 Å². The summed E-state index contributed by atoms with van der Waals surface area (Å²) in [5, 5.41) is 11.8. The van der Waals surface area contributed by atoms with Crippen molar-refractivity contribution in [3.8, 4) is 0 Å². The van der Waals surface area contributed by atoms with Gasteiger partial charge in [-0.25, -0.2) is 0 Å². The molecule has 1 aliphatic rings. The minimum absolute atomic E-state index is 0.579. The molecule has 3 nitrogen and oxygen atoms in total. The van der Waals surface area contributed by atoms with Crippen molar-refractivity contribution in [3.05, 3.63) is 41.9 Å². The molecule has 0 aromatic heterocycles. The van der Waals surface area contributed by atoms with Gasteiger partial charge in [0.05, 0.1) is 0 Å². The van der Waals surface area contributed by atoms with Crippen LogP contribution < -0.4 is 5.32 Å². The summed E-state index contributed by atoms with van der Waals surface area (Å²) in [4.78, 5) is 10.8. The van der Waals surface area contributed by atoms with Gasteiger partial charge < -0.3 is 5.11 Å². The fourth-order valence-corrected chi connectivity index (χ4v) is 1.58. The van der Waals surface area contributed by atoms with Crippen LogP contribution in [0.2, 0.25) is 0 Å². The molecule has 2 N–H and O–H groups in total. The first-order valence-electron chi connectivity index (χ1n) is 4.17. The third kappa shape index (κ3) is 1.42. The van der Waals surface area contributed by atoms with Crippen molar-refractivity contribution in [3.63, 3.8) is 0 Å². The van der Waals surface area contributed by atoms with Crippen molar-refractivity contribution in [2.75, 3.05) is 0 Å². The number of carboxylic acids is 1. The number of carbonyl (C=O) groups is 1. The van der Waals surface area contributed by atoms with Crippen LogP contribution in [0, 0.1) is 6.54 Å². The van der Waals surface area contributed by atoms with Crippen molar-refractivity contribution >= 4 is 5.97 Å². The normalized spacial score (nSPS) is 20.8. The molecule has 1 aromatic rings. The minimum Gasteiger partial charge on any atom is -0.480 e. The van der Waals surface area contributed by atoms with Crippen LogP contribution >= 0.6 is 0 Å². The molecule has 1 aromatic carbocycles. The van der Waals surface area contributed by atoms with E-state index in [1.54, 1.807) is 6.54 Å². The molecular formula is C10H10NO2. The second-order valence-electron chi connectivity index (χ2n) is 3.04. The Kier molecular flexibility index (Phi) is 2.02. The van der Waals surface area contributed by atoms with Crippen LogP contribution in [0.3, 0.4) is 0 Å². The predicted octanol–water partition coefficient (Wildman–Crippen LogP) is 1.12. The van der Waals surface area contributed by atoms with Gasteiger partial charge in [0, 0.05) is 6.54 Å². The molecule has 2 rings (SSSR count). The summed E-state index contributed by atoms with van der Waals surface area (Å²) in [6.07, 6.45) is 0.792. The van der Waals surface area contributed by atoms with E-state index < -0.39 is 12.0 Å². The molecule has 1 heterocycles. The van der Waals surface area contributed by atoms with Gasteiger partial charge in [0.2, 0.25) is 0 Å². The fourth-order valence-electron chi connectivity index (χ4n) is 1.58. The van der Waals surface area contributed by atoms with E-state index in [0.29, 0.717) is 0 Å². The summed E-state index contributed by atoms with van der Waals surface area (Å²) >= 11 is 0. The Labute approximate surface area is 76.4 Å². The number of nitrogens with one attached hydrogen (secondary N) is 1. The first kappa shape index (κ1) is 8.26. The maximum atomic E-state index is 10.8. The van der Waals surface area contributed by atoms with Gasteiger partial charge in [0.25, 0.3) is 0 Å². The third-order valence-corrected chi connectivity index (χ3v) is 2.22. The Morgan fingerprint density at radius 1 is 1.46 bits per heavy atom. The second-order valence-corrected chi connectivity index (χ2v) is 3.04. The van der Waals surface area contributed by atoms with Crippen molar-refractivity contribution < 1.29 is 9.90 Å². The first-order chi connectivity index (χ1) is 6.29. The molecule has 1 radical (unpaired) electrons. The maximum absolute atomic E-state index is 10.8. The molecule has 1 atom stereocenters. The van der Waals surface area contributed by atoms with Crippen LogP contribution in [0.5, 0.6) is 0 Å². The number of hydrogen-bond donors (Lipinski definition) is 2. The van der Waals surface area contributed by atoms with Crippen LogP contribution in [0.4, 0.5) is 0 Å². The smallest absolute Gasteiger partial charge is 0.325 e. The van der Waals surface area contributed by atoms with Gasteiger partial charge in [-0.3, -0.25) is 10.1 Å². The van der Waals surface area contributed by atoms with E-state index in [4.69, 9.17) is 5.11 Å². The first-order valence-corrected chi connectivity index (χ1v) is 4.17. The molecule has 0 saturated carbocycles. The van der Waals surface area contributed by atoms with E-state index in [-0.39, 0.29) is 0 Å². The monoisotopic (exact) mass is 176 g/mol. The number of rotatable bonds is 1. The highest BCUT2D eigenvalue weighted by molar-refractivity contribution is 5.76. The summed E-state index contributed by atoms with van der Waals surface area (Å²) in [5.41, 5.74) is 1.96. The lowest BCUT2D eigenvalue weighted by molar-refractivity contribution is -0.139. The van der Waals surface area contributed by atoms with Crippen LogP contribution in [-0.2, 0) is 11.2 Å². The molecule has 0 bridgehead atoms. The number of carboxylic acid groups (broad SMARTS) is 1. The van der Waals surface area contributed by atoms with Crippen molar-refractivity contribution in [1.29, 1.82) is 0 Å². The Balaban J connectivity index is 2.42. The summed E-state index contributed by atoms with van der Waals surface area (Å²) in [6.45, 7) is 1.79. The average Bonchev–Trinajstić information content (AvgIpc) is 2.17. The third-order valence-electron chi connectivity index (χ3n) is 2.22. The van der Waals surface area contributed by atoms with Crippen LogP contribution in [-0.4, -0.2) is 11.1 Å². The highest BCUT2D eigenvalue weighted by Gasteiger charge is 2.24. The lowest BCUT2D eigenvalue weighted by atomic mass is 9.95. The Hall–Kier alpha value is -1.35. The largest absolute Gasteiger partial charge is 0.480 e. The molecule has 67 valence electrons. The van der Waals surface area contributed by atoms with E-state index in [9.17, 15) is 4.79 Å². The SMILES string of the molecule is O=C(O)[C@H]1N[CH]Cc2ccccc21. The van der Waals surface area contributed by atoms with Crippen LogP contribution in [0.15, 0.2) is 24.3 Å². The Morgan fingerprint density at radius 2 is 2.23 bits per heavy atom. The summed E-state index contributed by atoms with van der Waals surface area (Å²) < 4.78 is 0. The zero-order chi connectivity index (χ0) is 9.26. The zero-order valence-electron chi connectivity index (χ0n) is 7.03. The molecule has 0 unspecified atom stereocenters. The van der Waals surface area contributed by atoms with E-state index in [0.717, 1.165) is 17.5 Å². The van der Waals surface area contributed by atoms with E-state index >= 15 is 0 Å². The average molecular weight is 176 g/mol. The number of benzene rings is 1. The van der Waals surface area contributed by atoms with Crippen molar-refractivity contribution in [2.45, 2.75) is 12.5 Å². The summed E-state index contributed by atoms with van der Waals surface area (Å²) in [7, 11) is 0. The van der Waals surface area contributed by atoms with Crippen molar-refractivity contribution in [1.82, 2.24) is 5.32 Å². The highest BCUT2D eigenvalue weighted by Crippen LogP contribution is 2.23. The fraction of sp³-hybridized carbons (Fsp3) is 0.200. The van der Waals surface area contributed by atoms with Gasteiger partial charge in [-0.2, -0.15) is 0 Å². The number of aliphatic carboxylic acids is 1. The molecule has 13 heavy (non-hydrogen) atoms. The zero-order valence-corrected chi connectivity index (χ0v) is 7.03. The summed E-state index contributed by atoms with van der Waals surface area (Å²) in [6, 6.07) is 7.03. The Morgan fingerprint density at radius 3 is 3.00 bits per heavy atom. The lowest BCUT2D eigenvalue weighted by Gasteiger charge is -2.22. The molecule has 0 amide bonds. The molecule has 3 heteroatoms. The minimum atomic E-state index is -0.830. The number of fused-ring (bicyclic) bond motifs is 1. The maximum Gasteiger partial charge on any atom is 0.325 e. The highest BCUT2D eigenvalue weighted by atomic mass is 16.4. The van der Waals surface area contributed by atoms with Crippen molar-refractivity contribution in [2.24, 2.45) is 0 Å². The molecule has 0 saturated heterocycles. The lowest BCUT2D eigenvalue weighted by Crippen LogP contribution is -2.31. The standard InChI is InChI=1S/C10H10NO2/c12-10(13)9-8-4-2-1-3-7(8)5-6-11-9/h1-4,6,9,11H,5H2,(H,12,13)/t9-/m0/s1. The Bertz CT molecular complexity index is 335. The van der Waals surface area contributed by atoms with E-state index in [1.807, 2.05) is 24.3 Å². The molecule has 0 spiro atoms. The molecular weight excluding hydrogens is 166 g/mol. The van der Waals surface area contributed by atoms with Gasteiger partial charge in [-0.1, -0.05) is 24.3 Å². The predicted molar refractivity (Wildman–Crippen MR) is 48.0 cm³/mol. The van der Waals surface area contributed by atoms with Gasteiger partial charge in [0.1, 0.15) is 6.04 Å². The summed E-state index contributed by atoms with van der Waals surface area (Å²) in [5.74, 6) is -0.830. The van der Waals surface area contributed by atoms with Gasteiger partial charge in [0.15, 0.2) is 0 Å². The molecule has 0 fully saturated rings. The van der Waals surface area contributed by atoms with E-state index in [1.165, 1.54) is 0 Å². The topological polar surface area (TPSA) is 49.3 Å². The molecule has 0 aliphatic carbocycles.